The summed E-state index contributed by atoms with van der Waals surface area (Å²) in [4.78, 5) is 12.7. The maximum Gasteiger partial charge on any atom is 0.247 e. The first-order valence-electron chi connectivity index (χ1n) is 7.53. The molecule has 1 N–H and O–H groups in total. The van der Waals surface area contributed by atoms with Crippen LogP contribution in [-0.2, 0) is 14.8 Å². The van der Waals surface area contributed by atoms with Crippen LogP contribution in [0.15, 0.2) is 42.5 Å². The van der Waals surface area contributed by atoms with Crippen molar-refractivity contribution < 1.29 is 17.9 Å². The predicted molar refractivity (Wildman–Crippen MR) is 113 cm³/mol. The fraction of sp³-hybridized carbons (Fsp3) is 0.235. The third-order valence-electron chi connectivity index (χ3n) is 3.58. The highest BCUT2D eigenvalue weighted by Gasteiger charge is 2.31. The van der Waals surface area contributed by atoms with Crippen LogP contribution in [0.2, 0.25) is 5.02 Å². The average Bonchev–Trinajstić information content (AvgIpc) is 2.56. The molecule has 0 saturated carbocycles. The molecule has 9 heteroatoms. The molecule has 0 unspecified atom stereocenters. The molecule has 6 nitrogen and oxygen atoms in total. The van der Waals surface area contributed by atoms with Gasteiger partial charge in [0.25, 0.3) is 0 Å². The smallest absolute Gasteiger partial charge is 0.247 e. The lowest BCUT2D eigenvalue weighted by Crippen LogP contribution is -2.45. The van der Waals surface area contributed by atoms with Gasteiger partial charge in [-0.05, 0) is 72.0 Å². The van der Waals surface area contributed by atoms with Crippen molar-refractivity contribution in [2.45, 2.75) is 13.0 Å². The van der Waals surface area contributed by atoms with Crippen molar-refractivity contribution in [3.63, 3.8) is 0 Å². The Balaban J connectivity index is 2.39. The number of amides is 1. The van der Waals surface area contributed by atoms with Gasteiger partial charge in [-0.3, -0.25) is 9.10 Å². The summed E-state index contributed by atoms with van der Waals surface area (Å²) in [5.74, 6) is -0.174. The first-order valence-corrected chi connectivity index (χ1v) is 10.8. The van der Waals surface area contributed by atoms with E-state index in [0.29, 0.717) is 16.5 Å². The second-order valence-electron chi connectivity index (χ2n) is 5.55. The summed E-state index contributed by atoms with van der Waals surface area (Å²) in [5, 5.41) is 3.05. The molecule has 0 heterocycles. The van der Waals surface area contributed by atoms with Crippen molar-refractivity contribution in [1.82, 2.24) is 0 Å². The first-order chi connectivity index (χ1) is 12.1. The Kier molecular flexibility index (Phi) is 6.75. The van der Waals surface area contributed by atoms with Crippen molar-refractivity contribution >= 4 is 61.5 Å². The minimum absolute atomic E-state index is 0.202. The number of carbonyl (C=O) groups is 1. The van der Waals surface area contributed by atoms with Crippen molar-refractivity contribution in [2.24, 2.45) is 0 Å². The number of carbonyl (C=O) groups excluding carboxylic acids is 1. The summed E-state index contributed by atoms with van der Waals surface area (Å²) >= 11 is 8.17. The van der Waals surface area contributed by atoms with Gasteiger partial charge in [0.2, 0.25) is 15.9 Å². The van der Waals surface area contributed by atoms with Crippen LogP contribution in [0.1, 0.15) is 6.92 Å². The minimum Gasteiger partial charge on any atom is -0.495 e. The maximum atomic E-state index is 12.7. The number of anilines is 2. The molecule has 2 rings (SSSR count). The van der Waals surface area contributed by atoms with Gasteiger partial charge in [0, 0.05) is 14.3 Å². The number of nitrogens with one attached hydrogen (secondary N) is 1. The average molecular weight is 509 g/mol. The molecule has 0 radical (unpaired) electrons. The molecule has 140 valence electrons. The van der Waals surface area contributed by atoms with Crippen molar-refractivity contribution in [3.05, 3.63) is 51.1 Å². The highest BCUT2D eigenvalue weighted by molar-refractivity contribution is 14.1. The van der Waals surface area contributed by atoms with Crippen LogP contribution in [0.25, 0.3) is 0 Å². The van der Waals surface area contributed by atoms with Crippen LogP contribution in [-0.4, -0.2) is 33.7 Å². The van der Waals surface area contributed by atoms with Gasteiger partial charge in [0.05, 0.1) is 19.1 Å². The maximum absolute atomic E-state index is 12.7. The molecular weight excluding hydrogens is 491 g/mol. The van der Waals surface area contributed by atoms with Gasteiger partial charge < -0.3 is 10.1 Å². The number of ether oxygens (including phenoxy) is 1. The third kappa shape index (κ3) is 5.01. The molecule has 0 saturated heterocycles. The molecule has 0 bridgehead atoms. The number of methoxy groups -OCH3 is 1. The molecule has 2 aromatic carbocycles. The molecule has 0 aliphatic rings. The molecular formula is C17H18ClIN2O4S. The highest BCUT2D eigenvalue weighted by atomic mass is 127. The molecule has 2 aromatic rings. The summed E-state index contributed by atoms with van der Waals surface area (Å²) in [6.45, 7) is 1.50. The largest absolute Gasteiger partial charge is 0.495 e. The van der Waals surface area contributed by atoms with Crippen LogP contribution >= 0.6 is 34.2 Å². The van der Waals surface area contributed by atoms with E-state index in [0.717, 1.165) is 14.1 Å². The molecule has 1 atom stereocenters. The van der Waals surface area contributed by atoms with Crippen LogP contribution in [0.4, 0.5) is 11.4 Å². The molecule has 0 aliphatic heterocycles. The Hall–Kier alpha value is -1.52. The zero-order valence-electron chi connectivity index (χ0n) is 14.4. The zero-order chi connectivity index (χ0) is 19.5. The number of benzene rings is 2. The summed E-state index contributed by atoms with van der Waals surface area (Å²) in [7, 11) is -2.36. The number of nitrogens with zero attached hydrogens (tertiary/aromatic N) is 1. The van der Waals surface area contributed by atoms with Crippen molar-refractivity contribution in [1.29, 1.82) is 0 Å². The normalized spacial score (nSPS) is 12.3. The monoisotopic (exact) mass is 508 g/mol. The molecule has 1 amide bonds. The van der Waals surface area contributed by atoms with E-state index in [2.05, 4.69) is 27.9 Å². The fourth-order valence-corrected chi connectivity index (χ4v) is 4.09. The summed E-state index contributed by atoms with van der Waals surface area (Å²) in [5.41, 5.74) is 0.779. The number of hydrogen-bond acceptors (Lipinski definition) is 4. The predicted octanol–water partition coefficient (Wildman–Crippen LogP) is 3.75. The lowest BCUT2D eigenvalue weighted by molar-refractivity contribution is -0.116. The SMILES string of the molecule is COc1ccc(Cl)cc1N([C@@H](C)C(=O)Nc1ccc(I)cc1)S(C)(=O)=O. The zero-order valence-corrected chi connectivity index (χ0v) is 18.1. The number of halogens is 2. The van der Waals surface area contributed by atoms with E-state index in [-0.39, 0.29) is 5.69 Å². The van der Waals surface area contributed by atoms with Crippen molar-refractivity contribution in [2.75, 3.05) is 23.0 Å². The molecule has 0 aliphatic carbocycles. The molecule has 0 aromatic heterocycles. The number of rotatable bonds is 6. The van der Waals surface area contributed by atoms with Gasteiger partial charge >= 0.3 is 0 Å². The first kappa shape index (κ1) is 20.8. The lowest BCUT2D eigenvalue weighted by atomic mass is 10.2. The van der Waals surface area contributed by atoms with Gasteiger partial charge in [-0.2, -0.15) is 0 Å². The van der Waals surface area contributed by atoms with Gasteiger partial charge in [-0.25, -0.2) is 8.42 Å². The second-order valence-corrected chi connectivity index (χ2v) is 9.09. The Bertz CT molecular complexity index is 903. The van der Waals surface area contributed by atoms with Crippen LogP contribution in [0, 0.1) is 3.57 Å². The van der Waals surface area contributed by atoms with Crippen LogP contribution in [0.3, 0.4) is 0 Å². The Morgan fingerprint density at radius 1 is 1.23 bits per heavy atom. The minimum atomic E-state index is -3.78. The summed E-state index contributed by atoms with van der Waals surface area (Å²) in [6.07, 6.45) is 1.03. The molecule has 26 heavy (non-hydrogen) atoms. The quantitative estimate of drug-likeness (QED) is 0.603. The Labute approximate surface area is 171 Å². The standard InChI is InChI=1S/C17H18ClIN2O4S/c1-11(17(22)20-14-7-5-13(19)6-8-14)21(26(3,23)24)15-10-12(18)4-9-16(15)25-2/h4-11H,1-3H3,(H,20,22)/t11-/m0/s1. The van der Waals surface area contributed by atoms with Gasteiger partial charge in [-0.15, -0.1) is 0 Å². The topological polar surface area (TPSA) is 75.7 Å². The van der Waals surface area contributed by atoms with E-state index in [1.807, 2.05) is 12.1 Å². The number of hydrogen-bond donors (Lipinski definition) is 1. The summed E-state index contributed by atoms with van der Waals surface area (Å²) in [6, 6.07) is 10.8. The summed E-state index contributed by atoms with van der Waals surface area (Å²) < 4.78 is 32.1. The van der Waals surface area contributed by atoms with Crippen LogP contribution < -0.4 is 14.4 Å². The lowest BCUT2D eigenvalue weighted by Gasteiger charge is -2.29. The van der Waals surface area contributed by atoms with Crippen molar-refractivity contribution in [3.8, 4) is 5.75 Å². The van der Waals surface area contributed by atoms with Crippen LogP contribution in [0.5, 0.6) is 5.75 Å². The molecule has 0 spiro atoms. The Morgan fingerprint density at radius 3 is 2.38 bits per heavy atom. The third-order valence-corrected chi connectivity index (χ3v) is 5.76. The van der Waals surface area contributed by atoms with E-state index >= 15 is 0 Å². The number of sulfonamides is 1. The van der Waals surface area contributed by atoms with Gasteiger partial charge in [0.1, 0.15) is 11.8 Å². The molecule has 0 fully saturated rings. The van der Waals surface area contributed by atoms with E-state index in [1.54, 1.807) is 24.3 Å². The van der Waals surface area contributed by atoms with E-state index in [1.165, 1.54) is 20.1 Å². The second kappa shape index (κ2) is 8.45. The van der Waals surface area contributed by atoms with E-state index < -0.39 is 22.0 Å². The Morgan fingerprint density at radius 2 is 1.85 bits per heavy atom. The van der Waals surface area contributed by atoms with E-state index in [9.17, 15) is 13.2 Å². The highest BCUT2D eigenvalue weighted by Crippen LogP contribution is 2.34. The van der Waals surface area contributed by atoms with Gasteiger partial charge in [0.15, 0.2) is 0 Å². The fourth-order valence-electron chi connectivity index (χ4n) is 2.40. The van der Waals surface area contributed by atoms with E-state index in [4.69, 9.17) is 16.3 Å². The van der Waals surface area contributed by atoms with Gasteiger partial charge in [-0.1, -0.05) is 11.6 Å².